The van der Waals surface area contributed by atoms with Crippen LogP contribution in [0.25, 0.3) is 0 Å². The molecule has 1 aromatic carbocycles. The summed E-state index contributed by atoms with van der Waals surface area (Å²) in [6.07, 6.45) is 1.85. The van der Waals surface area contributed by atoms with E-state index in [-0.39, 0.29) is 19.4 Å². The topological polar surface area (TPSA) is 185 Å². The Bertz CT molecular complexity index is 1050. The molecule has 1 rings (SSSR count). The number of methoxy groups -OCH3 is 3. The van der Waals surface area contributed by atoms with Crippen molar-refractivity contribution in [1.29, 1.82) is 5.53 Å². The SMILES string of the molecule is CCOP(=O)(CCOCCOCCOCCOCCOCCOCCOCCOC/C(=C/NCc1cc(OC)c(OC)c(OC)c1)N=N)OCC. The molecule has 17 nitrogen and oxygen atoms in total. The molecule has 0 spiro atoms. The molecule has 0 fully saturated rings. The van der Waals surface area contributed by atoms with Crippen LogP contribution in [0.2, 0.25) is 0 Å². The summed E-state index contributed by atoms with van der Waals surface area (Å²) in [6, 6.07) is 3.69. The van der Waals surface area contributed by atoms with Crippen molar-refractivity contribution >= 4 is 7.60 Å². The first-order valence-electron chi connectivity index (χ1n) is 17.1. The molecule has 0 radical (unpaired) electrons. The number of ether oxygens (including phenoxy) is 11. The molecule has 51 heavy (non-hydrogen) atoms. The zero-order valence-electron chi connectivity index (χ0n) is 31.0. The summed E-state index contributed by atoms with van der Waals surface area (Å²) >= 11 is 0. The normalized spacial score (nSPS) is 11.9. The quantitative estimate of drug-likeness (QED) is 0.0562. The van der Waals surface area contributed by atoms with Gasteiger partial charge in [-0.15, -0.1) is 0 Å². The lowest BCUT2D eigenvalue weighted by atomic mass is 10.2. The maximum absolute atomic E-state index is 12.3. The van der Waals surface area contributed by atoms with Crippen LogP contribution in [0.1, 0.15) is 19.4 Å². The van der Waals surface area contributed by atoms with Gasteiger partial charge in [0.15, 0.2) is 11.5 Å². The van der Waals surface area contributed by atoms with Gasteiger partial charge in [0, 0.05) is 12.7 Å². The van der Waals surface area contributed by atoms with Crippen LogP contribution in [0.15, 0.2) is 29.1 Å². The molecule has 296 valence electrons. The van der Waals surface area contributed by atoms with Gasteiger partial charge in [0.1, 0.15) is 5.70 Å². The molecule has 0 aliphatic rings. The highest BCUT2D eigenvalue weighted by Crippen LogP contribution is 2.47. The number of hydrogen-bond acceptors (Lipinski definition) is 17. The minimum Gasteiger partial charge on any atom is -0.493 e. The predicted octanol–water partition coefficient (Wildman–Crippen LogP) is 4.07. The molecule has 18 heteroatoms. The van der Waals surface area contributed by atoms with Gasteiger partial charge in [0.2, 0.25) is 5.75 Å². The van der Waals surface area contributed by atoms with E-state index in [0.717, 1.165) is 5.56 Å². The van der Waals surface area contributed by atoms with Crippen molar-refractivity contribution in [1.82, 2.24) is 5.32 Å². The molecule has 0 heterocycles. The molecule has 0 aliphatic heterocycles. The molecule has 0 unspecified atom stereocenters. The predicted molar refractivity (Wildman–Crippen MR) is 188 cm³/mol. The van der Waals surface area contributed by atoms with E-state index in [1.54, 1.807) is 41.4 Å². The summed E-state index contributed by atoms with van der Waals surface area (Å²) in [4.78, 5) is 0. The third kappa shape index (κ3) is 23.7. The molecule has 0 saturated carbocycles. The van der Waals surface area contributed by atoms with E-state index in [2.05, 4.69) is 10.4 Å². The summed E-state index contributed by atoms with van der Waals surface area (Å²) in [5, 5.41) is 6.63. The van der Waals surface area contributed by atoms with E-state index >= 15 is 0 Å². The molecular formula is C33H60N3O14P. The molecule has 0 saturated heterocycles. The Morgan fingerprint density at radius 1 is 0.647 bits per heavy atom. The van der Waals surface area contributed by atoms with Crippen molar-refractivity contribution in [3.63, 3.8) is 0 Å². The molecule has 1 aromatic rings. The second-order valence-corrected chi connectivity index (χ2v) is 12.4. The molecule has 0 aromatic heterocycles. The third-order valence-electron chi connectivity index (χ3n) is 6.46. The Balaban J connectivity index is 1.88. The second-order valence-electron chi connectivity index (χ2n) is 10.2. The van der Waals surface area contributed by atoms with Gasteiger partial charge in [-0.25, -0.2) is 5.53 Å². The van der Waals surface area contributed by atoms with Crippen molar-refractivity contribution in [2.75, 3.05) is 146 Å². The first kappa shape index (κ1) is 46.6. The number of hydrogen-bond donors (Lipinski definition) is 2. The Hall–Kier alpha value is -2.41. The lowest BCUT2D eigenvalue weighted by molar-refractivity contribution is -0.0224. The summed E-state index contributed by atoms with van der Waals surface area (Å²) in [7, 11) is 1.62. The maximum Gasteiger partial charge on any atom is 0.332 e. The highest BCUT2D eigenvalue weighted by Gasteiger charge is 2.22. The monoisotopic (exact) mass is 753 g/mol. The van der Waals surface area contributed by atoms with Crippen molar-refractivity contribution in [2.24, 2.45) is 5.11 Å². The average Bonchev–Trinajstić information content (AvgIpc) is 3.13. The molecule has 0 aliphatic carbocycles. The molecule has 0 bridgehead atoms. The fourth-order valence-corrected chi connectivity index (χ4v) is 5.55. The lowest BCUT2D eigenvalue weighted by Gasteiger charge is -2.16. The number of nitrogens with one attached hydrogen (secondary N) is 2. The van der Waals surface area contributed by atoms with Crippen molar-refractivity contribution in [3.05, 3.63) is 29.6 Å². The van der Waals surface area contributed by atoms with E-state index < -0.39 is 7.60 Å². The number of rotatable bonds is 37. The highest BCUT2D eigenvalue weighted by molar-refractivity contribution is 7.53. The number of benzene rings is 1. The van der Waals surface area contributed by atoms with E-state index in [9.17, 15) is 4.57 Å². The minimum absolute atomic E-state index is 0.172. The Morgan fingerprint density at radius 3 is 1.39 bits per heavy atom. The number of nitrogens with zero attached hydrogens (tertiary/aromatic N) is 1. The van der Waals surface area contributed by atoms with Gasteiger partial charge in [0.05, 0.1) is 146 Å². The summed E-state index contributed by atoms with van der Waals surface area (Å²) in [5.41, 5.74) is 8.72. The lowest BCUT2D eigenvalue weighted by Crippen LogP contribution is -2.15. The molecule has 2 N–H and O–H groups in total. The van der Waals surface area contributed by atoms with Gasteiger partial charge >= 0.3 is 7.60 Å². The largest absolute Gasteiger partial charge is 0.493 e. The molecule has 0 amide bonds. The van der Waals surface area contributed by atoms with E-state index in [4.69, 9.17) is 66.7 Å². The van der Waals surface area contributed by atoms with E-state index in [1.807, 2.05) is 12.1 Å². The fraction of sp³-hybridized carbons (Fsp3) is 0.758. The fourth-order valence-electron chi connectivity index (χ4n) is 4.08. The van der Waals surface area contributed by atoms with E-state index in [0.29, 0.717) is 135 Å². The van der Waals surface area contributed by atoms with Gasteiger partial charge < -0.3 is 66.5 Å². The Kier molecular flexibility index (Phi) is 29.5. The second kappa shape index (κ2) is 32.3. The first-order valence-corrected chi connectivity index (χ1v) is 18.8. The molecular weight excluding hydrogens is 693 g/mol. The third-order valence-corrected chi connectivity index (χ3v) is 8.49. The summed E-state index contributed by atoms with van der Waals surface area (Å²) < 4.78 is 82.7. The van der Waals surface area contributed by atoms with Crippen LogP contribution >= 0.6 is 7.60 Å². The minimum atomic E-state index is -3.06. The smallest absolute Gasteiger partial charge is 0.332 e. The van der Waals surface area contributed by atoms with Crippen LogP contribution in [0.4, 0.5) is 0 Å². The Labute approximate surface area is 302 Å². The highest BCUT2D eigenvalue weighted by atomic mass is 31.2. The van der Waals surface area contributed by atoms with Gasteiger partial charge in [-0.1, -0.05) is 0 Å². The van der Waals surface area contributed by atoms with Gasteiger partial charge in [0.25, 0.3) is 0 Å². The van der Waals surface area contributed by atoms with Crippen LogP contribution < -0.4 is 19.5 Å². The first-order chi connectivity index (χ1) is 25.0. The van der Waals surface area contributed by atoms with Crippen LogP contribution in [0.3, 0.4) is 0 Å². The van der Waals surface area contributed by atoms with Crippen molar-refractivity contribution in [3.8, 4) is 17.2 Å². The average molecular weight is 754 g/mol. The zero-order valence-corrected chi connectivity index (χ0v) is 31.9. The van der Waals surface area contributed by atoms with Crippen LogP contribution in [-0.4, -0.2) is 146 Å². The summed E-state index contributed by atoms with van der Waals surface area (Å²) in [6.45, 7) is 11.3. The zero-order chi connectivity index (χ0) is 37.3. The van der Waals surface area contributed by atoms with Crippen LogP contribution in [0.5, 0.6) is 17.2 Å². The van der Waals surface area contributed by atoms with Crippen molar-refractivity contribution < 1.29 is 65.7 Å². The van der Waals surface area contributed by atoms with Crippen molar-refractivity contribution in [2.45, 2.75) is 20.4 Å². The standard InChI is InChI=1S/C33H60N3O14P/c1-6-49-51(37,50-7-2)23-22-47-19-18-45-15-14-43-11-10-41-8-9-42-12-13-44-16-17-46-20-21-48-28-30(36-34)27-35-26-29-24-31(38-3)33(40-5)32(25-29)39-4/h24-25,27,34-35H,6-23,26,28H2,1-5H3/b30-27-,36-34?. The Morgan fingerprint density at radius 2 is 1.04 bits per heavy atom. The summed E-state index contributed by atoms with van der Waals surface area (Å²) in [5.74, 6) is 1.65. The molecule has 0 atom stereocenters. The van der Waals surface area contributed by atoms with Crippen LogP contribution in [-0.2, 0) is 58.1 Å². The van der Waals surface area contributed by atoms with Gasteiger partial charge in [-0.3, -0.25) is 4.57 Å². The maximum atomic E-state index is 12.3. The van der Waals surface area contributed by atoms with Gasteiger partial charge in [-0.05, 0) is 31.5 Å². The van der Waals surface area contributed by atoms with Crippen LogP contribution in [0, 0.1) is 5.53 Å². The van der Waals surface area contributed by atoms with E-state index in [1.165, 1.54) is 0 Å². The van der Waals surface area contributed by atoms with Gasteiger partial charge in [-0.2, -0.15) is 5.11 Å².